The number of hydrogen-bond acceptors (Lipinski definition) is 9. The van der Waals surface area contributed by atoms with E-state index in [1.807, 2.05) is 52.8 Å². The molecule has 43 heavy (non-hydrogen) atoms. The van der Waals surface area contributed by atoms with Gasteiger partial charge in [0.2, 0.25) is 11.5 Å². The van der Waals surface area contributed by atoms with Gasteiger partial charge in [-0.05, 0) is 43.9 Å². The highest BCUT2D eigenvalue weighted by Crippen LogP contribution is 2.40. The molecule has 1 aliphatic heterocycles. The zero-order valence-electron chi connectivity index (χ0n) is 27.5. The lowest BCUT2D eigenvalue weighted by atomic mass is 9.84. The molecule has 0 atom stereocenters. The lowest BCUT2D eigenvalue weighted by Crippen LogP contribution is -2.37. The molecular weight excluding hydrogens is 548 g/mol. The van der Waals surface area contributed by atoms with Gasteiger partial charge in [-0.3, -0.25) is 15.0 Å². The lowest BCUT2D eigenvalue weighted by Gasteiger charge is -2.33. The quantitative estimate of drug-likeness (QED) is 0.374. The van der Waals surface area contributed by atoms with E-state index in [-0.39, 0.29) is 34.6 Å². The highest BCUT2D eigenvalue weighted by atomic mass is 16.5. The van der Waals surface area contributed by atoms with Crippen molar-refractivity contribution in [1.82, 2.24) is 19.4 Å². The van der Waals surface area contributed by atoms with Crippen molar-refractivity contribution in [1.29, 1.82) is 5.41 Å². The summed E-state index contributed by atoms with van der Waals surface area (Å²) >= 11 is 0. The number of rotatable bonds is 8. The first kappa shape index (κ1) is 33.8. The van der Waals surface area contributed by atoms with Gasteiger partial charge in [0.05, 0.1) is 32.6 Å². The third-order valence-corrected chi connectivity index (χ3v) is 7.42. The Labute approximate surface area is 254 Å². The fourth-order valence-corrected chi connectivity index (χ4v) is 4.43. The molecule has 1 fully saturated rings. The van der Waals surface area contributed by atoms with Crippen molar-refractivity contribution < 1.29 is 23.8 Å². The van der Waals surface area contributed by atoms with Crippen molar-refractivity contribution in [2.75, 3.05) is 44.9 Å². The monoisotopic (exact) mass is 596 g/mol. The second-order valence-corrected chi connectivity index (χ2v) is 12.7. The molecule has 1 N–H and O–H groups in total. The van der Waals surface area contributed by atoms with E-state index in [2.05, 4.69) is 35.9 Å². The molecule has 0 unspecified atom stereocenters. The third kappa shape index (κ3) is 8.01. The molecule has 0 amide bonds. The van der Waals surface area contributed by atoms with Crippen LogP contribution in [0.4, 0.5) is 5.69 Å². The maximum atomic E-state index is 13.6. The Morgan fingerprint density at radius 2 is 1.65 bits per heavy atom. The van der Waals surface area contributed by atoms with Gasteiger partial charge in [-0.15, -0.1) is 10.2 Å². The smallest absolute Gasteiger partial charge is 0.242 e. The third-order valence-electron chi connectivity index (χ3n) is 7.42. The molecule has 1 saturated heterocycles. The SMILES string of the molecule is CC(=O)C(C)(C)C.CCOc1nn2c(=N)n(CC(=O)c3cc(N4CCOCC4)c(OC)c(C(C)(C)C)c3)nc2cc1CC. The Hall–Kier alpha value is -3.73. The van der Waals surface area contributed by atoms with Crippen LogP contribution in [0.3, 0.4) is 0 Å². The fourth-order valence-electron chi connectivity index (χ4n) is 4.43. The van der Waals surface area contributed by atoms with Crippen molar-refractivity contribution in [3.05, 3.63) is 40.5 Å². The van der Waals surface area contributed by atoms with E-state index in [0.29, 0.717) is 36.9 Å². The minimum Gasteiger partial charge on any atom is -0.494 e. The molecule has 2 aromatic heterocycles. The summed E-state index contributed by atoms with van der Waals surface area (Å²) < 4.78 is 19.8. The lowest BCUT2D eigenvalue weighted by molar-refractivity contribution is -0.124. The molecule has 0 spiro atoms. The topological polar surface area (TPSA) is 124 Å². The molecule has 11 nitrogen and oxygen atoms in total. The van der Waals surface area contributed by atoms with Crippen LogP contribution in [0, 0.1) is 10.8 Å². The number of ether oxygens (including phenoxy) is 3. The average molecular weight is 597 g/mol. The minimum atomic E-state index is -0.240. The van der Waals surface area contributed by atoms with Crippen LogP contribution >= 0.6 is 0 Å². The number of nitrogens with zero attached hydrogens (tertiary/aromatic N) is 5. The van der Waals surface area contributed by atoms with E-state index in [1.165, 1.54) is 9.20 Å². The van der Waals surface area contributed by atoms with E-state index >= 15 is 0 Å². The Morgan fingerprint density at radius 3 is 2.16 bits per heavy atom. The molecule has 4 rings (SSSR count). The molecule has 3 heterocycles. The summed E-state index contributed by atoms with van der Waals surface area (Å²) in [7, 11) is 1.67. The maximum Gasteiger partial charge on any atom is 0.242 e. The fraction of sp³-hybridized carbons (Fsp3) is 0.594. The number of ketones is 2. The molecule has 1 aromatic carbocycles. The second kappa shape index (κ2) is 13.7. The largest absolute Gasteiger partial charge is 0.494 e. The van der Waals surface area contributed by atoms with Gasteiger partial charge in [0.15, 0.2) is 11.4 Å². The summed E-state index contributed by atoms with van der Waals surface area (Å²) in [6.07, 6.45) is 0.726. The number of nitrogens with one attached hydrogen (secondary N) is 1. The van der Waals surface area contributed by atoms with E-state index in [9.17, 15) is 9.59 Å². The molecule has 1 aliphatic rings. The zero-order chi connectivity index (χ0) is 32.1. The zero-order valence-corrected chi connectivity index (χ0v) is 27.5. The summed E-state index contributed by atoms with van der Waals surface area (Å²) in [4.78, 5) is 26.2. The number of methoxy groups -OCH3 is 1. The van der Waals surface area contributed by atoms with Crippen molar-refractivity contribution in [3.8, 4) is 11.6 Å². The number of morpholine rings is 1. The number of benzene rings is 1. The molecular formula is C32H48N6O5. The number of aromatic nitrogens is 4. The van der Waals surface area contributed by atoms with Crippen LogP contribution in [0.15, 0.2) is 18.2 Å². The van der Waals surface area contributed by atoms with Crippen LogP contribution < -0.4 is 20.0 Å². The summed E-state index contributed by atoms with van der Waals surface area (Å²) in [6.45, 7) is 20.7. The number of aryl methyl sites for hydroxylation is 1. The summed E-state index contributed by atoms with van der Waals surface area (Å²) in [5, 5.41) is 17.6. The molecule has 0 saturated carbocycles. The number of carbonyl (C=O) groups excluding carboxylic acids is 2. The van der Waals surface area contributed by atoms with E-state index in [0.717, 1.165) is 42.1 Å². The Kier molecular flexibility index (Phi) is 10.8. The van der Waals surface area contributed by atoms with Gasteiger partial charge in [0.1, 0.15) is 18.1 Å². The molecule has 236 valence electrons. The number of Topliss-reactive ketones (excluding diaryl/α,β-unsaturated/α-hetero) is 2. The average Bonchev–Trinajstić information content (AvgIpc) is 3.25. The maximum absolute atomic E-state index is 13.6. The number of carbonyl (C=O) groups is 2. The minimum absolute atomic E-state index is 0.0138. The van der Waals surface area contributed by atoms with Crippen LogP contribution in [-0.4, -0.2) is 71.0 Å². The van der Waals surface area contributed by atoms with Gasteiger partial charge in [-0.1, -0.05) is 48.5 Å². The predicted octanol–water partition coefficient (Wildman–Crippen LogP) is 4.62. The van der Waals surface area contributed by atoms with Gasteiger partial charge in [-0.25, -0.2) is 4.68 Å². The van der Waals surface area contributed by atoms with E-state index in [4.69, 9.17) is 19.6 Å². The first-order valence-corrected chi connectivity index (χ1v) is 14.9. The number of hydrogen-bond donors (Lipinski definition) is 1. The van der Waals surface area contributed by atoms with Gasteiger partial charge in [-0.2, -0.15) is 4.52 Å². The second-order valence-electron chi connectivity index (χ2n) is 12.7. The van der Waals surface area contributed by atoms with Crippen LogP contribution in [0.1, 0.15) is 83.8 Å². The molecule has 11 heteroatoms. The van der Waals surface area contributed by atoms with Gasteiger partial charge in [0.25, 0.3) is 0 Å². The van der Waals surface area contributed by atoms with Crippen molar-refractivity contribution in [2.45, 2.75) is 80.7 Å². The normalized spacial score (nSPS) is 13.9. The van der Waals surface area contributed by atoms with E-state index < -0.39 is 0 Å². The van der Waals surface area contributed by atoms with Gasteiger partial charge < -0.3 is 19.1 Å². The number of fused-ring (bicyclic) bond motifs is 1. The predicted molar refractivity (Wildman–Crippen MR) is 167 cm³/mol. The molecule has 3 aromatic rings. The Balaban J connectivity index is 0.000000646. The highest BCUT2D eigenvalue weighted by Gasteiger charge is 2.27. The first-order valence-electron chi connectivity index (χ1n) is 14.9. The Morgan fingerprint density at radius 1 is 1.02 bits per heavy atom. The van der Waals surface area contributed by atoms with E-state index in [1.54, 1.807) is 14.0 Å². The molecule has 0 radical (unpaired) electrons. The standard InChI is InChI=1S/C26H36N6O4.C6H12O/c1-7-17-15-22-28-31(25(27)32(22)29-24(17)36-8-2)16-21(33)18-13-19(26(3,4)5)23(34-6)20(14-18)30-9-11-35-12-10-30;1-5(7)6(2,3)4/h13-15,27H,7-12,16H2,1-6H3;1-4H3. The Bertz CT molecular complexity index is 1500. The van der Waals surface area contributed by atoms with Crippen molar-refractivity contribution in [3.63, 3.8) is 0 Å². The first-order chi connectivity index (χ1) is 20.1. The van der Waals surface area contributed by atoms with Crippen LogP contribution in [-0.2, 0) is 27.9 Å². The van der Waals surface area contributed by atoms with Crippen LogP contribution in [0.5, 0.6) is 11.6 Å². The molecule has 0 bridgehead atoms. The summed E-state index contributed by atoms with van der Waals surface area (Å²) in [5.74, 6) is 1.37. The van der Waals surface area contributed by atoms with Gasteiger partial charge in [0, 0.05) is 35.2 Å². The van der Waals surface area contributed by atoms with Crippen molar-refractivity contribution >= 4 is 22.9 Å². The number of anilines is 1. The summed E-state index contributed by atoms with van der Waals surface area (Å²) in [6, 6.07) is 5.66. The van der Waals surface area contributed by atoms with Crippen LogP contribution in [0.25, 0.3) is 5.65 Å². The van der Waals surface area contributed by atoms with Crippen LogP contribution in [0.2, 0.25) is 0 Å². The van der Waals surface area contributed by atoms with Crippen molar-refractivity contribution in [2.24, 2.45) is 5.41 Å². The highest BCUT2D eigenvalue weighted by molar-refractivity contribution is 5.97. The molecule has 0 aliphatic carbocycles. The summed E-state index contributed by atoms with van der Waals surface area (Å²) in [5.41, 5.74) is 3.45. The van der Waals surface area contributed by atoms with Gasteiger partial charge >= 0.3 is 0 Å².